The minimum Gasteiger partial charge on any atom is -0.289 e. The maximum Gasteiger partial charge on any atom is 0.244 e. The molecule has 0 radical (unpaired) electrons. The van der Waals surface area contributed by atoms with Gasteiger partial charge in [0.25, 0.3) is 0 Å². The van der Waals surface area contributed by atoms with E-state index in [4.69, 9.17) is 0 Å². The van der Waals surface area contributed by atoms with Gasteiger partial charge in [0, 0.05) is 86.6 Å². The van der Waals surface area contributed by atoms with Crippen LogP contribution in [-0.4, -0.2) is 98.2 Å². The van der Waals surface area contributed by atoms with Crippen LogP contribution in [0.1, 0.15) is 163 Å². The number of nitrogens with zero attached hydrogens (tertiary/aromatic N) is 4. The molecule has 656 valence electrons. The lowest BCUT2D eigenvalue weighted by molar-refractivity contribution is 0.101. The average molecular weight is 2040 g/mol. The maximum absolute atomic E-state index is 13.8. The largest absolute Gasteiger partial charge is 0.289 e. The summed E-state index contributed by atoms with van der Waals surface area (Å²) in [4.78, 5) is 55.0. The maximum atomic E-state index is 13.8. The Labute approximate surface area is 785 Å². The van der Waals surface area contributed by atoms with Crippen molar-refractivity contribution in [2.75, 3.05) is 0 Å². The summed E-state index contributed by atoms with van der Waals surface area (Å²) in [5, 5.41) is 0. The van der Waals surface area contributed by atoms with E-state index < -0.39 is 88.4 Å². The molecule has 0 saturated heterocycles. The van der Waals surface area contributed by atoms with E-state index in [1.165, 1.54) is 17.2 Å². The van der Waals surface area contributed by atoms with Crippen molar-refractivity contribution < 1.29 is 52.8 Å². The van der Waals surface area contributed by atoms with E-state index in [1.54, 1.807) is 146 Å². The zero-order valence-electron chi connectivity index (χ0n) is 71.6. The van der Waals surface area contributed by atoms with Crippen LogP contribution in [0.15, 0.2) is 400 Å². The fourth-order valence-corrected chi connectivity index (χ4v) is 24.6. The highest BCUT2D eigenvalue weighted by Gasteiger charge is 2.50. The van der Waals surface area contributed by atoms with E-state index in [-0.39, 0.29) is 42.7 Å². The molecule has 0 fully saturated rings. The van der Waals surface area contributed by atoms with E-state index in [2.05, 4.69) is 63.7 Å². The van der Waals surface area contributed by atoms with Crippen LogP contribution in [0.25, 0.3) is 0 Å². The van der Waals surface area contributed by atoms with Crippen molar-refractivity contribution in [3.8, 4) is 0 Å². The molecule has 16 nitrogen and oxygen atoms in total. The predicted molar refractivity (Wildman–Crippen MR) is 520 cm³/mol. The van der Waals surface area contributed by atoms with Gasteiger partial charge in [0.05, 0.1) is 43.7 Å². The van der Waals surface area contributed by atoms with Crippen LogP contribution < -0.4 is 0 Å². The van der Waals surface area contributed by atoms with E-state index >= 15 is 0 Å². The summed E-state index contributed by atoms with van der Waals surface area (Å²) >= 11 is 13.8. The lowest BCUT2D eigenvalue weighted by Crippen LogP contribution is -2.38. The molecule has 12 aromatic rings. The second-order valence-corrected chi connectivity index (χ2v) is 42.6. The Bertz CT molecular complexity index is 5810. The third kappa shape index (κ3) is 21.0. The van der Waals surface area contributed by atoms with Gasteiger partial charge in [-0.3, -0.25) is 19.2 Å². The highest BCUT2D eigenvalue weighted by Crippen LogP contribution is 2.49. The topological polar surface area (TPSA) is 218 Å². The van der Waals surface area contributed by atoms with Gasteiger partial charge >= 0.3 is 0 Å². The van der Waals surface area contributed by atoms with Crippen LogP contribution in [0.2, 0.25) is 0 Å². The molecule has 24 heteroatoms. The molecule has 128 heavy (non-hydrogen) atoms. The highest BCUT2D eigenvalue weighted by molar-refractivity contribution is 9.11. The van der Waals surface area contributed by atoms with Gasteiger partial charge in [-0.2, -0.15) is 17.2 Å². The summed E-state index contributed by atoms with van der Waals surface area (Å²) in [6, 6.07) is 88.9. The van der Waals surface area contributed by atoms with Crippen molar-refractivity contribution in [2.45, 2.75) is 149 Å². The lowest BCUT2D eigenvalue weighted by atomic mass is 9.94. The van der Waals surface area contributed by atoms with E-state index in [9.17, 15) is 52.8 Å². The Morgan fingerprint density at radius 1 is 0.234 bits per heavy atom. The van der Waals surface area contributed by atoms with Crippen LogP contribution in [-0.2, 0) is 40.1 Å². The van der Waals surface area contributed by atoms with E-state index in [0.29, 0.717) is 70.2 Å². The smallest absolute Gasteiger partial charge is 0.244 e. The Hall–Kier alpha value is -10.2. The van der Waals surface area contributed by atoms with Gasteiger partial charge in [0.2, 0.25) is 40.1 Å². The van der Waals surface area contributed by atoms with Crippen LogP contribution in [0.5, 0.6) is 0 Å². The van der Waals surface area contributed by atoms with Gasteiger partial charge in [0.1, 0.15) is 0 Å². The fourth-order valence-electron chi connectivity index (χ4n) is 16.3. The van der Waals surface area contributed by atoms with Gasteiger partial charge in [-0.05, 0) is 173 Å². The number of rotatable bonds is 24. The second kappa shape index (κ2) is 41.7. The highest BCUT2D eigenvalue weighted by atomic mass is 79.9. The Balaban J connectivity index is 0.000000146. The van der Waals surface area contributed by atoms with Crippen molar-refractivity contribution in [1.29, 1.82) is 0 Å². The first-order chi connectivity index (χ1) is 61.3. The summed E-state index contributed by atoms with van der Waals surface area (Å²) in [7, 11) is -15.4. The first kappa shape index (κ1) is 95.4. The molecule has 0 bridgehead atoms. The zero-order valence-corrected chi connectivity index (χ0v) is 81.2. The number of halogens is 4. The van der Waals surface area contributed by atoms with Gasteiger partial charge in [0.15, 0.2) is 23.1 Å². The van der Waals surface area contributed by atoms with Gasteiger partial charge < -0.3 is 0 Å². The number of Topliss-reactive ketones (excluding diaryl/α,β-unsaturated/α-hetero) is 4. The van der Waals surface area contributed by atoms with Crippen molar-refractivity contribution in [1.82, 2.24) is 17.2 Å². The number of benzene rings is 12. The number of hydrogen-bond donors (Lipinski definition) is 0. The Kier molecular flexibility index (Phi) is 31.1. The predicted octanol–water partition coefficient (Wildman–Crippen LogP) is 24.4. The second-order valence-electron chi connectivity index (χ2n) is 31.6. The van der Waals surface area contributed by atoms with Crippen LogP contribution in [0.4, 0.5) is 0 Å². The number of carbonyl (C=O) groups excluding carboxylic acids is 4. The lowest BCUT2D eigenvalue weighted by Gasteiger charge is -2.31. The minimum absolute atomic E-state index is 0.154. The van der Waals surface area contributed by atoms with Crippen LogP contribution >= 0.6 is 63.7 Å². The minimum atomic E-state index is -3.86. The first-order valence-electron chi connectivity index (χ1n) is 42.0. The third-order valence-corrected chi connectivity index (χ3v) is 32.7. The van der Waals surface area contributed by atoms with Crippen LogP contribution in [0.3, 0.4) is 0 Å². The monoisotopic (exact) mass is 2040 g/mol. The van der Waals surface area contributed by atoms with Gasteiger partial charge in [-0.25, -0.2) is 33.7 Å². The molecule has 0 unspecified atom stereocenters. The summed E-state index contributed by atoms with van der Waals surface area (Å²) in [5.74, 6) is -0.616. The third-order valence-electron chi connectivity index (χ3n) is 23.0. The molecule has 0 N–H and O–H groups in total. The molecule has 4 aliphatic heterocycles. The summed E-state index contributed by atoms with van der Waals surface area (Å²) in [6.07, 6.45) is 9.55. The van der Waals surface area contributed by atoms with Gasteiger partial charge in [-0.15, -0.1) is 0 Å². The van der Waals surface area contributed by atoms with Crippen molar-refractivity contribution in [3.05, 3.63) is 447 Å². The number of carbonyl (C=O) groups is 4. The molecule has 0 saturated carbocycles. The fraction of sp³-hybridized carbons (Fsp3) is 0.192. The Morgan fingerprint density at radius 3 is 0.539 bits per heavy atom. The van der Waals surface area contributed by atoms with Crippen molar-refractivity contribution in [2.24, 2.45) is 0 Å². The molecule has 12 aromatic carbocycles. The molecule has 8 atom stereocenters. The molecule has 16 rings (SSSR count). The summed E-state index contributed by atoms with van der Waals surface area (Å²) in [6.45, 7) is 15.4. The quantitative estimate of drug-likeness (QED) is 0.0516. The SMILES string of the molecule is CC[C@@H]1C=C(C(=O)c2ccccc2)[C@H](c2ccc(Br)cc2)N1S(=O)(=O)c1ccc(C)cc1.CC[C@@H]1C=C(C(=O)c2ccccc2)[C@H](c2ccc(Br)cc2)N1S(=O)(=O)c1ccc(C)cc1.CC[C@H]1C=C(C(=O)c2ccccc2)[C@@H](c2ccc(Br)cc2)N1S(=O)(=O)c1ccc(C)cc1.CC[C@H]1C=C(C(=O)c2ccccc2)[C@@H](c2ccc(Br)cc2)N1S(=O)(=O)c1ccc(C)cc1. The van der Waals surface area contributed by atoms with Crippen LogP contribution in [0, 0.1) is 27.7 Å². The normalized spacial score (nSPS) is 19.0. The molecule has 4 aliphatic rings. The molecule has 0 spiro atoms. The number of aryl methyl sites for hydroxylation is 4. The summed E-state index contributed by atoms with van der Waals surface area (Å²) in [5.41, 5.74) is 11.1. The van der Waals surface area contributed by atoms with Crippen molar-refractivity contribution >= 4 is 127 Å². The molecular formula is C104H96Br4N4O12S4. The standard InChI is InChI=1S/4C26H24BrNO3S/c4*1-3-22-17-24(26(29)20-7-5-4-6-8-20)25(19-11-13-21(27)14-12-19)28(22)32(30,31)23-15-9-18(2)10-16-23/h4*4-17,22,25H,3H2,1-2H3/t4*22-,25+/m1100/s1. The zero-order chi connectivity index (χ0) is 91.5. The van der Waals surface area contributed by atoms with Gasteiger partial charge in [-0.1, -0.05) is 356 Å². The molecule has 0 amide bonds. The average Bonchev–Trinajstić information content (AvgIpc) is 1.08. The van der Waals surface area contributed by atoms with E-state index in [1.807, 2.05) is 250 Å². The molecule has 0 aliphatic carbocycles. The van der Waals surface area contributed by atoms with E-state index in [0.717, 1.165) is 62.4 Å². The first-order valence-corrected chi connectivity index (χ1v) is 50.9. The number of ketones is 4. The molecule has 4 heterocycles. The number of sulfonamides is 4. The van der Waals surface area contributed by atoms with Crippen molar-refractivity contribution in [3.63, 3.8) is 0 Å². The molecular weight excluding hydrogens is 1950 g/mol. The summed E-state index contributed by atoms with van der Waals surface area (Å²) < 4.78 is 120. The number of hydrogen-bond acceptors (Lipinski definition) is 12. The molecule has 0 aromatic heterocycles. The Morgan fingerprint density at radius 2 is 0.391 bits per heavy atom.